The van der Waals surface area contributed by atoms with Crippen LogP contribution >= 0.6 is 0 Å². The number of rotatable bonds is 3. The van der Waals surface area contributed by atoms with Crippen molar-refractivity contribution in [2.45, 2.75) is 32.2 Å². The lowest BCUT2D eigenvalue weighted by atomic mass is 9.96. The maximum absolute atomic E-state index is 12.7. The van der Waals surface area contributed by atoms with E-state index in [1.54, 1.807) is 0 Å². The first-order valence-electron chi connectivity index (χ1n) is 8.45. The van der Waals surface area contributed by atoms with Gasteiger partial charge in [0.1, 0.15) is 0 Å². The number of nitrogens with zero attached hydrogens (tertiary/aromatic N) is 1. The third kappa shape index (κ3) is 2.48. The number of hydrogen-bond donors (Lipinski definition) is 1. The van der Waals surface area contributed by atoms with Crippen LogP contribution in [0.1, 0.15) is 46.4 Å². The first-order chi connectivity index (χ1) is 11.6. The molecule has 1 N–H and O–H groups in total. The number of anilines is 1. The minimum absolute atomic E-state index is 0.0404. The van der Waals surface area contributed by atoms with Crippen molar-refractivity contribution in [1.29, 1.82) is 0 Å². The van der Waals surface area contributed by atoms with Gasteiger partial charge in [0.05, 0.1) is 11.7 Å². The van der Waals surface area contributed by atoms with Crippen molar-refractivity contribution in [2.75, 3.05) is 11.4 Å². The van der Waals surface area contributed by atoms with Crippen LogP contribution in [0.3, 0.4) is 0 Å². The summed E-state index contributed by atoms with van der Waals surface area (Å²) in [5.41, 5.74) is 5.09. The van der Waals surface area contributed by atoms with Gasteiger partial charge in [-0.2, -0.15) is 0 Å². The van der Waals surface area contributed by atoms with Gasteiger partial charge in [-0.15, -0.1) is 0 Å². The molecule has 2 amide bonds. The van der Waals surface area contributed by atoms with Gasteiger partial charge in [0.25, 0.3) is 5.91 Å². The summed E-state index contributed by atoms with van der Waals surface area (Å²) < 4.78 is 0. The fourth-order valence-corrected chi connectivity index (χ4v) is 3.69. The van der Waals surface area contributed by atoms with E-state index in [9.17, 15) is 9.59 Å². The maximum atomic E-state index is 12.7. The van der Waals surface area contributed by atoms with E-state index in [1.807, 2.05) is 54.3 Å². The van der Waals surface area contributed by atoms with E-state index in [0.29, 0.717) is 12.0 Å². The Balaban J connectivity index is 1.59. The van der Waals surface area contributed by atoms with Gasteiger partial charge in [0, 0.05) is 18.5 Å². The molecular weight excluding hydrogens is 300 g/mol. The van der Waals surface area contributed by atoms with Crippen molar-refractivity contribution in [3.63, 3.8) is 0 Å². The van der Waals surface area contributed by atoms with Crippen molar-refractivity contribution >= 4 is 17.5 Å². The Hall–Kier alpha value is -2.62. The zero-order valence-electron chi connectivity index (χ0n) is 13.7. The zero-order chi connectivity index (χ0) is 16.7. The number of nitrogens with one attached hydrogen (secondary N) is 1. The minimum Gasteiger partial charge on any atom is -0.346 e. The fraction of sp³-hybridized carbons (Fsp3) is 0.300. The van der Waals surface area contributed by atoms with E-state index >= 15 is 0 Å². The summed E-state index contributed by atoms with van der Waals surface area (Å²) in [5.74, 6) is 0.150. The van der Waals surface area contributed by atoms with Crippen LogP contribution in [0.15, 0.2) is 42.5 Å². The zero-order valence-corrected chi connectivity index (χ0v) is 13.7. The average Bonchev–Trinajstić information content (AvgIpc) is 3.04. The molecule has 0 radical (unpaired) electrons. The third-order valence-electron chi connectivity index (χ3n) is 4.96. The standard InChI is InChI=1S/C20H20N2O2/c1-13(14-5-3-2-4-6-14)21-20(24)17-11-15-7-8-18(23)22-10-9-16(12-17)19(15)22/h2-6,11-13H,7-10H2,1H3,(H,21,24). The molecule has 0 aromatic heterocycles. The smallest absolute Gasteiger partial charge is 0.251 e. The van der Waals surface area contributed by atoms with Gasteiger partial charge in [-0.05, 0) is 48.6 Å². The van der Waals surface area contributed by atoms with Gasteiger partial charge in [0.2, 0.25) is 5.91 Å². The molecule has 0 fully saturated rings. The highest BCUT2D eigenvalue weighted by molar-refractivity contribution is 6.01. The lowest BCUT2D eigenvalue weighted by Crippen LogP contribution is -2.33. The van der Waals surface area contributed by atoms with E-state index in [-0.39, 0.29) is 17.9 Å². The summed E-state index contributed by atoms with van der Waals surface area (Å²) in [6.45, 7) is 2.73. The highest BCUT2D eigenvalue weighted by Gasteiger charge is 2.32. The molecule has 2 aliphatic rings. The van der Waals surface area contributed by atoms with Crippen LogP contribution in [0.25, 0.3) is 0 Å². The molecule has 2 heterocycles. The number of carbonyl (C=O) groups is 2. The highest BCUT2D eigenvalue weighted by atomic mass is 16.2. The monoisotopic (exact) mass is 320 g/mol. The molecule has 2 aromatic carbocycles. The molecule has 1 unspecified atom stereocenters. The molecule has 1 atom stereocenters. The van der Waals surface area contributed by atoms with E-state index in [0.717, 1.165) is 41.8 Å². The van der Waals surface area contributed by atoms with Crippen LogP contribution < -0.4 is 10.2 Å². The summed E-state index contributed by atoms with van der Waals surface area (Å²) in [5, 5.41) is 3.07. The Kier molecular flexibility index (Phi) is 3.60. The van der Waals surface area contributed by atoms with E-state index in [1.165, 1.54) is 0 Å². The van der Waals surface area contributed by atoms with Gasteiger partial charge < -0.3 is 10.2 Å². The Morgan fingerprint density at radius 3 is 2.54 bits per heavy atom. The quantitative estimate of drug-likeness (QED) is 0.945. The number of benzene rings is 2. The molecule has 4 rings (SSSR count). The molecule has 2 aromatic rings. The van der Waals surface area contributed by atoms with Crippen molar-refractivity contribution in [2.24, 2.45) is 0 Å². The number of aryl methyl sites for hydroxylation is 1. The molecule has 0 saturated heterocycles. The molecule has 122 valence electrons. The van der Waals surface area contributed by atoms with Crippen molar-refractivity contribution in [3.05, 3.63) is 64.7 Å². The third-order valence-corrected chi connectivity index (χ3v) is 4.96. The molecule has 4 nitrogen and oxygen atoms in total. The number of hydrogen-bond acceptors (Lipinski definition) is 2. The summed E-state index contributed by atoms with van der Waals surface area (Å²) in [6.07, 6.45) is 2.11. The second-order valence-corrected chi connectivity index (χ2v) is 6.54. The van der Waals surface area contributed by atoms with E-state index in [2.05, 4.69) is 5.32 Å². The first kappa shape index (κ1) is 14.9. The Labute approximate surface area is 141 Å². The fourth-order valence-electron chi connectivity index (χ4n) is 3.69. The summed E-state index contributed by atoms with van der Waals surface area (Å²) >= 11 is 0. The van der Waals surface area contributed by atoms with Crippen molar-refractivity contribution in [1.82, 2.24) is 5.32 Å². The van der Waals surface area contributed by atoms with Gasteiger partial charge in [-0.3, -0.25) is 9.59 Å². The average molecular weight is 320 g/mol. The second kappa shape index (κ2) is 5.78. The van der Waals surface area contributed by atoms with Crippen molar-refractivity contribution < 1.29 is 9.59 Å². The predicted octanol–water partition coefficient (Wildman–Crippen LogP) is 3.01. The normalized spacial score (nSPS) is 16.7. The summed E-state index contributed by atoms with van der Waals surface area (Å²) in [7, 11) is 0. The van der Waals surface area contributed by atoms with E-state index in [4.69, 9.17) is 0 Å². The molecule has 0 spiro atoms. The molecule has 2 aliphatic heterocycles. The molecule has 4 heteroatoms. The van der Waals surface area contributed by atoms with Crippen molar-refractivity contribution in [3.8, 4) is 0 Å². The SMILES string of the molecule is CC(NC(=O)c1cc2c3c(c1)CCN3C(=O)CC2)c1ccccc1. The van der Waals surface area contributed by atoms with Crippen LogP contribution in [-0.2, 0) is 17.6 Å². The van der Waals surface area contributed by atoms with Gasteiger partial charge in [-0.25, -0.2) is 0 Å². The largest absolute Gasteiger partial charge is 0.346 e. The van der Waals surface area contributed by atoms with Gasteiger partial charge in [0.15, 0.2) is 0 Å². The Bertz CT molecular complexity index is 814. The van der Waals surface area contributed by atoms with Gasteiger partial charge in [-0.1, -0.05) is 30.3 Å². The second-order valence-electron chi connectivity index (χ2n) is 6.54. The summed E-state index contributed by atoms with van der Waals surface area (Å²) in [6, 6.07) is 13.8. The topological polar surface area (TPSA) is 49.4 Å². The highest BCUT2D eigenvalue weighted by Crippen LogP contribution is 2.37. The lowest BCUT2D eigenvalue weighted by molar-refractivity contribution is -0.118. The molecule has 24 heavy (non-hydrogen) atoms. The van der Waals surface area contributed by atoms with Crippen LogP contribution in [0.2, 0.25) is 0 Å². The molecular formula is C20H20N2O2. The molecule has 0 bridgehead atoms. The summed E-state index contributed by atoms with van der Waals surface area (Å²) in [4.78, 5) is 26.5. The Morgan fingerprint density at radius 1 is 1.08 bits per heavy atom. The lowest BCUT2D eigenvalue weighted by Gasteiger charge is -2.26. The minimum atomic E-state index is -0.0549. The van der Waals surface area contributed by atoms with Crippen LogP contribution in [0.4, 0.5) is 5.69 Å². The van der Waals surface area contributed by atoms with Gasteiger partial charge >= 0.3 is 0 Å². The molecule has 0 aliphatic carbocycles. The first-order valence-corrected chi connectivity index (χ1v) is 8.45. The Morgan fingerprint density at radius 2 is 1.79 bits per heavy atom. The van der Waals surface area contributed by atoms with Crippen LogP contribution in [0, 0.1) is 0 Å². The number of amides is 2. The predicted molar refractivity (Wildman–Crippen MR) is 93.1 cm³/mol. The van der Waals surface area contributed by atoms with Crippen LogP contribution in [-0.4, -0.2) is 18.4 Å². The van der Waals surface area contributed by atoms with E-state index < -0.39 is 0 Å². The van der Waals surface area contributed by atoms with Crippen LogP contribution in [0.5, 0.6) is 0 Å². The maximum Gasteiger partial charge on any atom is 0.251 e. The molecule has 0 saturated carbocycles. The number of carbonyl (C=O) groups excluding carboxylic acids is 2.